The normalized spacial score (nSPS) is 20.2. The van der Waals surface area contributed by atoms with Crippen LogP contribution in [-0.4, -0.2) is 56.3 Å². The zero-order valence-corrected chi connectivity index (χ0v) is 28.6. The van der Waals surface area contributed by atoms with Crippen LogP contribution in [0.25, 0.3) is 0 Å². The molecule has 0 bridgehead atoms. The van der Waals surface area contributed by atoms with E-state index in [4.69, 9.17) is 24.8 Å². The number of nitrogen functional groups attached to an aromatic ring is 1. The van der Waals surface area contributed by atoms with Crippen LogP contribution in [0.2, 0.25) is 0 Å². The number of oxime groups is 1. The minimum Gasteiger partial charge on any atom is -0.461 e. The van der Waals surface area contributed by atoms with Crippen molar-refractivity contribution >= 4 is 56.0 Å². The summed E-state index contributed by atoms with van der Waals surface area (Å²) in [6, 6.07) is 0. The SMILES string of the molecule is CC1(C)CC(Br)(C(=O)OC(C)(C)C)C1.CCOC(=O)/C(=N\OC1(C(=O)OC(C)(C)C)CC(C)(C)C1)c1csc(N)n1. The fraction of sp³-hybridized carbons (Fsp3) is 0.759. The average molecular weight is 661 g/mol. The van der Waals surface area contributed by atoms with Gasteiger partial charge in [-0.25, -0.2) is 14.6 Å². The highest BCUT2D eigenvalue weighted by Crippen LogP contribution is 2.54. The molecule has 0 unspecified atom stereocenters. The topological polar surface area (TPSA) is 139 Å². The molecule has 1 aromatic rings. The number of thiazole rings is 1. The minimum absolute atomic E-state index is 0.0957. The van der Waals surface area contributed by atoms with E-state index in [-0.39, 0.29) is 39.9 Å². The maximum absolute atomic E-state index is 12.7. The summed E-state index contributed by atoms with van der Waals surface area (Å²) in [5.41, 5.74) is 3.64. The number of rotatable bonds is 7. The molecule has 232 valence electrons. The van der Waals surface area contributed by atoms with E-state index in [1.807, 2.05) is 34.6 Å². The molecule has 0 aromatic carbocycles. The predicted molar refractivity (Wildman–Crippen MR) is 163 cm³/mol. The number of nitrogens with zero attached hydrogens (tertiary/aromatic N) is 2. The molecule has 12 heteroatoms. The predicted octanol–water partition coefficient (Wildman–Crippen LogP) is 6.19. The molecule has 2 aliphatic carbocycles. The van der Waals surface area contributed by atoms with Gasteiger partial charge in [-0.3, -0.25) is 4.79 Å². The first-order valence-corrected chi connectivity index (χ1v) is 15.4. The van der Waals surface area contributed by atoms with Gasteiger partial charge >= 0.3 is 17.9 Å². The van der Waals surface area contributed by atoms with Crippen LogP contribution in [0.5, 0.6) is 0 Å². The van der Waals surface area contributed by atoms with Gasteiger partial charge in [0.25, 0.3) is 0 Å². The largest absolute Gasteiger partial charge is 0.461 e. The van der Waals surface area contributed by atoms with Crippen LogP contribution in [-0.2, 0) is 33.4 Å². The highest BCUT2D eigenvalue weighted by Gasteiger charge is 2.59. The molecule has 0 radical (unpaired) electrons. The number of carbonyl (C=O) groups excluding carboxylic acids is 3. The summed E-state index contributed by atoms with van der Waals surface area (Å²) in [5.74, 6) is -1.32. The maximum atomic E-state index is 12.7. The van der Waals surface area contributed by atoms with Gasteiger partial charge in [-0.1, -0.05) is 48.8 Å². The van der Waals surface area contributed by atoms with Gasteiger partial charge in [0.15, 0.2) is 5.13 Å². The molecule has 2 saturated carbocycles. The van der Waals surface area contributed by atoms with Crippen LogP contribution in [0.1, 0.15) is 108 Å². The van der Waals surface area contributed by atoms with Gasteiger partial charge in [0.2, 0.25) is 11.3 Å². The second-order valence-electron chi connectivity index (χ2n) is 14.3. The lowest BCUT2D eigenvalue weighted by Crippen LogP contribution is -2.57. The first kappa shape index (κ1) is 35.0. The lowest BCUT2D eigenvalue weighted by atomic mass is 9.61. The molecule has 3 rings (SSSR count). The minimum atomic E-state index is -1.24. The molecule has 2 aliphatic rings. The van der Waals surface area contributed by atoms with Crippen molar-refractivity contribution < 1.29 is 33.4 Å². The summed E-state index contributed by atoms with van der Waals surface area (Å²) in [6.45, 7) is 21.3. The van der Waals surface area contributed by atoms with Crippen LogP contribution in [0, 0.1) is 10.8 Å². The highest BCUT2D eigenvalue weighted by molar-refractivity contribution is 9.10. The van der Waals surface area contributed by atoms with E-state index in [0.717, 1.165) is 12.8 Å². The molecular formula is C29H46BrN3O7S. The Bertz CT molecular complexity index is 1150. The summed E-state index contributed by atoms with van der Waals surface area (Å²) in [5, 5.41) is 5.83. The molecule has 41 heavy (non-hydrogen) atoms. The van der Waals surface area contributed by atoms with Crippen LogP contribution in [0.4, 0.5) is 5.13 Å². The average Bonchev–Trinajstić information content (AvgIpc) is 3.14. The Labute approximate surface area is 256 Å². The monoisotopic (exact) mass is 659 g/mol. The molecule has 0 atom stereocenters. The van der Waals surface area contributed by atoms with Gasteiger partial charge in [-0.05, 0) is 72.1 Å². The maximum Gasteiger partial charge on any atom is 0.362 e. The molecule has 2 N–H and O–H groups in total. The van der Waals surface area contributed by atoms with Crippen LogP contribution in [0.3, 0.4) is 0 Å². The van der Waals surface area contributed by atoms with E-state index < -0.39 is 33.1 Å². The number of carbonyl (C=O) groups is 3. The van der Waals surface area contributed by atoms with E-state index in [2.05, 4.69) is 39.9 Å². The molecular weight excluding hydrogens is 614 g/mol. The Morgan fingerprint density at radius 3 is 1.83 bits per heavy atom. The van der Waals surface area contributed by atoms with E-state index in [9.17, 15) is 14.4 Å². The lowest BCUT2D eigenvalue weighted by molar-refractivity contribution is -0.213. The number of esters is 3. The smallest absolute Gasteiger partial charge is 0.362 e. The van der Waals surface area contributed by atoms with Gasteiger partial charge in [-0.2, -0.15) is 0 Å². The molecule has 0 amide bonds. The Kier molecular flexibility index (Phi) is 10.4. The van der Waals surface area contributed by atoms with Gasteiger partial charge in [0, 0.05) is 18.2 Å². The number of halogens is 1. The Morgan fingerprint density at radius 1 is 0.951 bits per heavy atom. The van der Waals surface area contributed by atoms with E-state index in [1.54, 1.807) is 33.1 Å². The molecule has 10 nitrogen and oxygen atoms in total. The number of anilines is 1. The van der Waals surface area contributed by atoms with Crippen molar-refractivity contribution in [3.63, 3.8) is 0 Å². The van der Waals surface area contributed by atoms with Crippen molar-refractivity contribution in [3.8, 4) is 0 Å². The molecule has 1 heterocycles. The highest BCUT2D eigenvalue weighted by atomic mass is 79.9. The van der Waals surface area contributed by atoms with Crippen molar-refractivity contribution in [2.75, 3.05) is 12.3 Å². The van der Waals surface area contributed by atoms with E-state index >= 15 is 0 Å². The van der Waals surface area contributed by atoms with Gasteiger partial charge in [0.05, 0.1) is 6.61 Å². The van der Waals surface area contributed by atoms with Crippen LogP contribution < -0.4 is 5.73 Å². The number of hydrogen-bond acceptors (Lipinski definition) is 11. The Morgan fingerprint density at radius 2 is 1.44 bits per heavy atom. The zero-order valence-electron chi connectivity index (χ0n) is 26.2. The molecule has 0 saturated heterocycles. The summed E-state index contributed by atoms with van der Waals surface area (Å²) < 4.78 is 15.5. The second-order valence-corrected chi connectivity index (χ2v) is 16.7. The second kappa shape index (κ2) is 12.2. The van der Waals surface area contributed by atoms with Crippen molar-refractivity contribution in [2.24, 2.45) is 16.0 Å². The number of nitrogens with two attached hydrogens (primary N) is 1. The number of alkyl halides is 1. The quantitative estimate of drug-likeness (QED) is 0.119. The van der Waals surface area contributed by atoms with Crippen molar-refractivity contribution in [1.82, 2.24) is 4.98 Å². The Hall–Kier alpha value is -2.21. The van der Waals surface area contributed by atoms with Crippen LogP contribution >= 0.6 is 27.3 Å². The van der Waals surface area contributed by atoms with Crippen molar-refractivity contribution in [2.45, 2.75) is 123 Å². The summed E-state index contributed by atoms with van der Waals surface area (Å²) >= 11 is 4.65. The van der Waals surface area contributed by atoms with Gasteiger partial charge in [0.1, 0.15) is 21.2 Å². The summed E-state index contributed by atoms with van der Waals surface area (Å²) in [6.07, 6.45) is 2.56. The van der Waals surface area contributed by atoms with E-state index in [1.165, 1.54) is 11.3 Å². The summed E-state index contributed by atoms with van der Waals surface area (Å²) in [4.78, 5) is 46.5. The fourth-order valence-electron chi connectivity index (χ4n) is 5.01. The molecule has 1 aromatic heterocycles. The Balaban J connectivity index is 0.000000353. The third-order valence-electron chi connectivity index (χ3n) is 6.13. The molecule has 0 aliphatic heterocycles. The summed E-state index contributed by atoms with van der Waals surface area (Å²) in [7, 11) is 0. The van der Waals surface area contributed by atoms with Crippen molar-refractivity contribution in [1.29, 1.82) is 0 Å². The number of hydrogen-bond donors (Lipinski definition) is 1. The van der Waals surface area contributed by atoms with Gasteiger partial charge in [-0.15, -0.1) is 11.3 Å². The number of ether oxygens (including phenoxy) is 3. The first-order valence-electron chi connectivity index (χ1n) is 13.7. The zero-order chi connectivity index (χ0) is 31.7. The first-order chi connectivity index (χ1) is 18.4. The van der Waals surface area contributed by atoms with Crippen molar-refractivity contribution in [3.05, 3.63) is 11.1 Å². The molecule has 0 spiro atoms. The number of aromatic nitrogens is 1. The standard InChI is InChI=1S/C18H27N3O5S.C11H19BrO2/c1-7-24-13(22)12(11-8-27-15(19)20-11)21-26-18(9-17(5,6)10-18)14(23)25-16(2,3)4;1-9(2,3)14-8(13)11(12)6-10(4,5)7-11/h8H,7,9-10H2,1-6H3,(H2,19,20);6-7H2,1-5H3/b21-12-;. The van der Waals surface area contributed by atoms with Gasteiger partial charge < -0.3 is 24.8 Å². The van der Waals surface area contributed by atoms with Crippen LogP contribution in [0.15, 0.2) is 10.5 Å². The fourth-order valence-corrected chi connectivity index (χ4v) is 7.15. The lowest BCUT2D eigenvalue weighted by Gasteiger charge is -2.49. The van der Waals surface area contributed by atoms with E-state index in [0.29, 0.717) is 12.8 Å². The third-order valence-corrected chi connectivity index (χ3v) is 7.68. The molecule has 2 fully saturated rings. The third kappa shape index (κ3) is 9.94.